The molecule has 0 spiro atoms. The number of hydrogen-bond acceptors (Lipinski definition) is 2. The van der Waals surface area contributed by atoms with E-state index in [1.807, 2.05) is 0 Å². The van der Waals surface area contributed by atoms with Crippen LogP contribution < -0.4 is 5.32 Å². The van der Waals surface area contributed by atoms with Crippen LogP contribution >= 0.6 is 11.6 Å². The number of carbonyl (C=O) groups excluding carboxylic acids is 1. The fourth-order valence-electron chi connectivity index (χ4n) is 3.26. The van der Waals surface area contributed by atoms with Gasteiger partial charge in [0.05, 0.1) is 17.9 Å². The monoisotopic (exact) mass is 327 g/mol. The van der Waals surface area contributed by atoms with Crippen molar-refractivity contribution in [1.82, 2.24) is 5.32 Å². The van der Waals surface area contributed by atoms with E-state index in [0.29, 0.717) is 32.1 Å². The van der Waals surface area contributed by atoms with E-state index in [1.165, 1.54) is 0 Å². The van der Waals surface area contributed by atoms with E-state index in [4.69, 9.17) is 11.6 Å². The SMILES string of the molecule is O=C(NC1CCC(C(F)(F)F)CC1)C1CC(Cl)CCC1O. The highest BCUT2D eigenvalue weighted by Gasteiger charge is 2.42. The summed E-state index contributed by atoms with van der Waals surface area (Å²) in [5, 5.41) is 12.5. The van der Waals surface area contributed by atoms with Gasteiger partial charge in [0, 0.05) is 11.4 Å². The Balaban J connectivity index is 1.81. The summed E-state index contributed by atoms with van der Waals surface area (Å²) in [6.07, 6.45) is -2.46. The van der Waals surface area contributed by atoms with Gasteiger partial charge in [-0.2, -0.15) is 13.2 Å². The highest BCUT2D eigenvalue weighted by Crippen LogP contribution is 2.37. The average Bonchev–Trinajstić information content (AvgIpc) is 2.41. The van der Waals surface area contributed by atoms with Crippen molar-refractivity contribution in [2.45, 2.75) is 68.6 Å². The fourth-order valence-corrected chi connectivity index (χ4v) is 3.58. The zero-order chi connectivity index (χ0) is 15.6. The number of alkyl halides is 4. The summed E-state index contributed by atoms with van der Waals surface area (Å²) in [7, 11) is 0. The van der Waals surface area contributed by atoms with Gasteiger partial charge in [-0.3, -0.25) is 4.79 Å². The van der Waals surface area contributed by atoms with Crippen LogP contribution in [0.5, 0.6) is 0 Å². The number of rotatable bonds is 2. The van der Waals surface area contributed by atoms with Gasteiger partial charge in [0.25, 0.3) is 0 Å². The van der Waals surface area contributed by atoms with E-state index in [9.17, 15) is 23.1 Å². The average molecular weight is 328 g/mol. The summed E-state index contributed by atoms with van der Waals surface area (Å²) in [5.74, 6) is -2.07. The molecule has 3 unspecified atom stereocenters. The van der Waals surface area contributed by atoms with Crippen LogP contribution in [0.1, 0.15) is 44.9 Å². The van der Waals surface area contributed by atoms with Gasteiger partial charge >= 0.3 is 6.18 Å². The lowest BCUT2D eigenvalue weighted by atomic mass is 9.83. The maximum absolute atomic E-state index is 12.6. The zero-order valence-electron chi connectivity index (χ0n) is 11.7. The summed E-state index contributed by atoms with van der Waals surface area (Å²) in [6.45, 7) is 0. The third kappa shape index (κ3) is 4.49. The highest BCUT2D eigenvalue weighted by atomic mass is 35.5. The lowest BCUT2D eigenvalue weighted by Gasteiger charge is -2.34. The molecule has 0 radical (unpaired) electrons. The van der Waals surface area contributed by atoms with Gasteiger partial charge in [-0.25, -0.2) is 0 Å². The molecular formula is C14H21ClF3NO2. The number of nitrogens with one attached hydrogen (secondary N) is 1. The van der Waals surface area contributed by atoms with Crippen molar-refractivity contribution >= 4 is 17.5 Å². The van der Waals surface area contributed by atoms with Crippen molar-refractivity contribution in [2.75, 3.05) is 0 Å². The Morgan fingerprint density at radius 1 is 1.10 bits per heavy atom. The predicted octanol–water partition coefficient (Wildman–Crippen LogP) is 2.99. The van der Waals surface area contributed by atoms with Crippen LogP contribution in [0.4, 0.5) is 13.2 Å². The number of aliphatic hydroxyl groups excluding tert-OH is 1. The summed E-state index contributed by atoms with van der Waals surface area (Å²) in [6, 6.07) is -0.223. The molecule has 7 heteroatoms. The molecule has 2 fully saturated rings. The Kier molecular flexibility index (Phi) is 5.41. The molecule has 2 aliphatic carbocycles. The highest BCUT2D eigenvalue weighted by molar-refractivity contribution is 6.20. The minimum absolute atomic E-state index is 0.0554. The van der Waals surface area contributed by atoms with E-state index in [-0.39, 0.29) is 30.2 Å². The van der Waals surface area contributed by atoms with E-state index in [0.717, 1.165) is 0 Å². The lowest BCUT2D eigenvalue weighted by molar-refractivity contribution is -0.182. The van der Waals surface area contributed by atoms with Crippen LogP contribution in [0.2, 0.25) is 0 Å². The van der Waals surface area contributed by atoms with E-state index < -0.39 is 24.1 Å². The molecule has 122 valence electrons. The lowest BCUT2D eigenvalue weighted by Crippen LogP contribution is -2.47. The molecule has 2 N–H and O–H groups in total. The minimum atomic E-state index is -4.14. The fraction of sp³-hybridized carbons (Fsp3) is 0.929. The van der Waals surface area contributed by atoms with Crippen molar-refractivity contribution in [1.29, 1.82) is 0 Å². The first-order valence-corrected chi connectivity index (χ1v) is 7.90. The zero-order valence-corrected chi connectivity index (χ0v) is 12.5. The molecule has 21 heavy (non-hydrogen) atoms. The molecule has 3 atom stereocenters. The second kappa shape index (κ2) is 6.73. The van der Waals surface area contributed by atoms with Crippen LogP contribution in [-0.4, -0.2) is 34.7 Å². The summed E-state index contributed by atoms with van der Waals surface area (Å²) >= 11 is 6.02. The van der Waals surface area contributed by atoms with Gasteiger partial charge in [-0.05, 0) is 44.9 Å². The molecule has 2 saturated carbocycles. The largest absolute Gasteiger partial charge is 0.392 e. The molecule has 0 saturated heterocycles. The Hall–Kier alpha value is -0.490. The standard InChI is InChI=1S/C14H21ClF3NO2/c15-9-3-6-12(20)11(7-9)13(21)19-10-4-1-8(2-5-10)14(16,17)18/h8-12,20H,1-7H2,(H,19,21). The number of halogens is 4. The second-order valence-corrected chi connectivity index (χ2v) is 6.80. The Bertz CT molecular complexity index is 370. The normalized spacial score (nSPS) is 38.0. The van der Waals surface area contributed by atoms with Gasteiger partial charge in [0.1, 0.15) is 0 Å². The molecular weight excluding hydrogens is 307 g/mol. The molecule has 0 aliphatic heterocycles. The Labute approximate surface area is 127 Å². The summed E-state index contributed by atoms with van der Waals surface area (Å²) in [4.78, 5) is 12.1. The van der Waals surface area contributed by atoms with Crippen molar-refractivity contribution in [2.24, 2.45) is 11.8 Å². The molecule has 0 aromatic rings. The molecule has 2 aliphatic rings. The first-order chi connectivity index (χ1) is 9.77. The molecule has 0 bridgehead atoms. The van der Waals surface area contributed by atoms with Crippen molar-refractivity contribution in [3.63, 3.8) is 0 Å². The van der Waals surface area contributed by atoms with Crippen LogP contribution in [0.15, 0.2) is 0 Å². The number of aliphatic hydroxyl groups is 1. The first kappa shape index (κ1) is 16.9. The van der Waals surface area contributed by atoms with Gasteiger partial charge < -0.3 is 10.4 Å². The van der Waals surface area contributed by atoms with Crippen molar-refractivity contribution < 1.29 is 23.1 Å². The Morgan fingerprint density at radius 3 is 2.29 bits per heavy atom. The van der Waals surface area contributed by atoms with Gasteiger partial charge in [-0.15, -0.1) is 11.6 Å². The maximum Gasteiger partial charge on any atom is 0.391 e. The number of amides is 1. The van der Waals surface area contributed by atoms with Crippen LogP contribution in [0.25, 0.3) is 0 Å². The van der Waals surface area contributed by atoms with Gasteiger partial charge in [0.15, 0.2) is 0 Å². The summed E-state index contributed by atoms with van der Waals surface area (Å²) < 4.78 is 37.7. The topological polar surface area (TPSA) is 49.3 Å². The van der Waals surface area contributed by atoms with Crippen molar-refractivity contribution in [3.8, 4) is 0 Å². The molecule has 0 aromatic heterocycles. The predicted molar refractivity (Wildman–Crippen MR) is 72.9 cm³/mol. The molecule has 2 rings (SSSR count). The molecule has 1 amide bonds. The molecule has 0 heterocycles. The smallest absolute Gasteiger partial charge is 0.391 e. The quantitative estimate of drug-likeness (QED) is 0.766. The third-order valence-electron chi connectivity index (χ3n) is 4.62. The van der Waals surface area contributed by atoms with Gasteiger partial charge in [-0.1, -0.05) is 0 Å². The van der Waals surface area contributed by atoms with Crippen LogP contribution in [-0.2, 0) is 4.79 Å². The van der Waals surface area contributed by atoms with E-state index in [1.54, 1.807) is 0 Å². The van der Waals surface area contributed by atoms with Crippen LogP contribution in [0, 0.1) is 11.8 Å². The Morgan fingerprint density at radius 2 is 1.71 bits per heavy atom. The van der Waals surface area contributed by atoms with E-state index in [2.05, 4.69) is 5.32 Å². The van der Waals surface area contributed by atoms with E-state index >= 15 is 0 Å². The second-order valence-electron chi connectivity index (χ2n) is 6.18. The summed E-state index contributed by atoms with van der Waals surface area (Å²) in [5.41, 5.74) is 0. The molecule has 0 aromatic carbocycles. The first-order valence-electron chi connectivity index (χ1n) is 7.46. The third-order valence-corrected chi connectivity index (χ3v) is 5.02. The number of carbonyl (C=O) groups is 1. The van der Waals surface area contributed by atoms with Crippen molar-refractivity contribution in [3.05, 3.63) is 0 Å². The maximum atomic E-state index is 12.6. The molecule has 3 nitrogen and oxygen atoms in total. The van der Waals surface area contributed by atoms with Gasteiger partial charge in [0.2, 0.25) is 5.91 Å². The minimum Gasteiger partial charge on any atom is -0.392 e. The van der Waals surface area contributed by atoms with Crippen LogP contribution in [0.3, 0.4) is 0 Å². The number of hydrogen-bond donors (Lipinski definition) is 2.